The summed E-state index contributed by atoms with van der Waals surface area (Å²) in [6.07, 6.45) is 2.04. The van der Waals surface area contributed by atoms with Gasteiger partial charge in [0.1, 0.15) is 0 Å². The fourth-order valence-electron chi connectivity index (χ4n) is 1.93. The summed E-state index contributed by atoms with van der Waals surface area (Å²) in [4.78, 5) is 12.0. The molecule has 2 N–H and O–H groups in total. The number of nitrogens with one attached hydrogen (secondary N) is 2. The number of aromatic nitrogens is 5. The lowest BCUT2D eigenvalue weighted by atomic mass is 10.1. The van der Waals surface area contributed by atoms with Gasteiger partial charge in [-0.05, 0) is 30.6 Å². The Bertz CT molecular complexity index is 697. The van der Waals surface area contributed by atoms with Crippen molar-refractivity contribution in [3.8, 4) is 11.4 Å². The van der Waals surface area contributed by atoms with Crippen molar-refractivity contribution < 1.29 is 0 Å². The molecule has 0 spiro atoms. The highest BCUT2D eigenvalue weighted by Crippen LogP contribution is 2.17. The zero-order chi connectivity index (χ0) is 14.7. The van der Waals surface area contributed by atoms with Gasteiger partial charge in [-0.3, -0.25) is 9.89 Å². The van der Waals surface area contributed by atoms with Crippen LogP contribution in [0.4, 0.5) is 0 Å². The van der Waals surface area contributed by atoms with Gasteiger partial charge in [0.25, 0.3) is 5.56 Å². The van der Waals surface area contributed by atoms with Crippen molar-refractivity contribution in [1.29, 1.82) is 0 Å². The van der Waals surface area contributed by atoms with E-state index in [2.05, 4.69) is 27.3 Å². The van der Waals surface area contributed by atoms with Gasteiger partial charge >= 0.3 is 0 Å². The van der Waals surface area contributed by atoms with Crippen molar-refractivity contribution in [3.63, 3.8) is 0 Å². The molecule has 0 amide bonds. The number of rotatable bonds is 5. The minimum atomic E-state index is -0.249. The maximum atomic E-state index is 12.0. The highest BCUT2D eigenvalue weighted by atomic mass is 32.1. The van der Waals surface area contributed by atoms with Crippen LogP contribution in [0.3, 0.4) is 0 Å². The summed E-state index contributed by atoms with van der Waals surface area (Å²) in [5, 5.41) is 13.5. The maximum Gasteiger partial charge on any atom is 0.275 e. The SMILES string of the molecule is CCCCn1c(-c2cc(C(C)C)n[nH]c2=O)n[nH]c1=S. The van der Waals surface area contributed by atoms with Crippen LogP contribution in [0.1, 0.15) is 45.2 Å². The van der Waals surface area contributed by atoms with Crippen molar-refractivity contribution in [1.82, 2.24) is 25.0 Å². The van der Waals surface area contributed by atoms with Crippen molar-refractivity contribution in [2.75, 3.05) is 0 Å². The minimum absolute atomic E-state index is 0.233. The third-order valence-electron chi connectivity index (χ3n) is 3.15. The van der Waals surface area contributed by atoms with E-state index in [0.717, 1.165) is 25.1 Å². The molecule has 0 saturated carbocycles. The molecule has 7 heteroatoms. The zero-order valence-corrected chi connectivity index (χ0v) is 12.8. The van der Waals surface area contributed by atoms with Gasteiger partial charge in [0, 0.05) is 6.54 Å². The molecule has 20 heavy (non-hydrogen) atoms. The second-order valence-corrected chi connectivity index (χ2v) is 5.43. The van der Waals surface area contributed by atoms with Crippen molar-refractivity contribution >= 4 is 12.2 Å². The molecule has 0 fully saturated rings. The van der Waals surface area contributed by atoms with Gasteiger partial charge in [0.2, 0.25) is 0 Å². The molecule has 0 aliphatic rings. The lowest BCUT2D eigenvalue weighted by Gasteiger charge is -2.08. The third kappa shape index (κ3) is 2.87. The zero-order valence-electron chi connectivity index (χ0n) is 11.9. The van der Waals surface area contributed by atoms with Crippen molar-refractivity contribution in [3.05, 3.63) is 26.9 Å². The standard InChI is InChI=1S/C13H19N5OS/c1-4-5-6-18-11(15-17-13(18)20)9-7-10(8(2)3)14-16-12(9)19/h7-8H,4-6H2,1-3H3,(H,16,19)(H,17,20). The highest BCUT2D eigenvalue weighted by molar-refractivity contribution is 7.71. The maximum absolute atomic E-state index is 12.0. The molecule has 0 bridgehead atoms. The molecule has 2 aromatic heterocycles. The van der Waals surface area contributed by atoms with Gasteiger partial charge in [-0.1, -0.05) is 27.2 Å². The fourth-order valence-corrected chi connectivity index (χ4v) is 2.15. The number of hydrogen-bond acceptors (Lipinski definition) is 4. The van der Waals surface area contributed by atoms with Crippen LogP contribution >= 0.6 is 12.2 Å². The van der Waals surface area contributed by atoms with Gasteiger partial charge in [-0.15, -0.1) is 0 Å². The Morgan fingerprint density at radius 1 is 1.35 bits per heavy atom. The molecule has 0 radical (unpaired) electrons. The van der Waals surface area contributed by atoms with Crippen LogP contribution in [0.2, 0.25) is 0 Å². The number of nitrogens with zero attached hydrogens (tertiary/aromatic N) is 3. The molecule has 0 aliphatic carbocycles. The molecule has 2 rings (SSSR count). The second kappa shape index (κ2) is 6.13. The first-order valence-electron chi connectivity index (χ1n) is 6.79. The van der Waals surface area contributed by atoms with E-state index >= 15 is 0 Å². The van der Waals surface area contributed by atoms with Gasteiger partial charge in [0.15, 0.2) is 10.6 Å². The molecule has 0 atom stereocenters. The predicted molar refractivity (Wildman–Crippen MR) is 80.3 cm³/mol. The van der Waals surface area contributed by atoms with E-state index in [0.29, 0.717) is 16.2 Å². The average Bonchev–Trinajstić information content (AvgIpc) is 2.78. The number of unbranched alkanes of at least 4 members (excludes halogenated alkanes) is 1. The Balaban J connectivity index is 2.54. The molecular formula is C13H19N5OS. The Labute approximate surface area is 122 Å². The number of H-pyrrole nitrogens is 2. The topological polar surface area (TPSA) is 79.4 Å². The first-order chi connectivity index (χ1) is 9.54. The monoisotopic (exact) mass is 293 g/mol. The molecule has 0 aliphatic heterocycles. The van der Waals surface area contributed by atoms with Crippen LogP contribution in [0.25, 0.3) is 11.4 Å². The first-order valence-corrected chi connectivity index (χ1v) is 7.20. The highest BCUT2D eigenvalue weighted by Gasteiger charge is 2.14. The van der Waals surface area contributed by atoms with E-state index in [1.165, 1.54) is 0 Å². The van der Waals surface area contributed by atoms with Crippen molar-refractivity contribution in [2.45, 2.75) is 46.1 Å². The van der Waals surface area contributed by atoms with Crippen LogP contribution < -0.4 is 5.56 Å². The molecule has 2 heterocycles. The number of hydrogen-bond donors (Lipinski definition) is 2. The van der Waals surface area contributed by atoms with E-state index in [-0.39, 0.29) is 11.5 Å². The molecule has 108 valence electrons. The summed E-state index contributed by atoms with van der Waals surface area (Å²) in [6, 6.07) is 1.79. The van der Waals surface area contributed by atoms with Gasteiger partial charge in [-0.2, -0.15) is 10.2 Å². The minimum Gasteiger partial charge on any atom is -0.300 e. The molecule has 2 aromatic rings. The lowest BCUT2D eigenvalue weighted by Crippen LogP contribution is -2.16. The summed E-state index contributed by atoms with van der Waals surface area (Å²) >= 11 is 5.23. The molecule has 6 nitrogen and oxygen atoms in total. The Kier molecular flexibility index (Phi) is 4.49. The fraction of sp³-hybridized carbons (Fsp3) is 0.538. The molecule has 0 aromatic carbocycles. The largest absolute Gasteiger partial charge is 0.300 e. The molecule has 0 saturated heterocycles. The van der Waals surface area contributed by atoms with Crippen LogP contribution in [-0.4, -0.2) is 25.0 Å². The Morgan fingerprint density at radius 3 is 2.75 bits per heavy atom. The lowest BCUT2D eigenvalue weighted by molar-refractivity contribution is 0.628. The van der Waals surface area contributed by atoms with Crippen molar-refractivity contribution in [2.24, 2.45) is 0 Å². The van der Waals surface area contributed by atoms with Crippen LogP contribution in [-0.2, 0) is 6.54 Å². The third-order valence-corrected chi connectivity index (χ3v) is 3.46. The summed E-state index contributed by atoms with van der Waals surface area (Å²) in [5.74, 6) is 0.811. The van der Waals surface area contributed by atoms with Gasteiger partial charge in [-0.25, -0.2) is 5.10 Å². The van der Waals surface area contributed by atoms with E-state index in [9.17, 15) is 4.79 Å². The summed E-state index contributed by atoms with van der Waals surface area (Å²) < 4.78 is 2.41. The van der Waals surface area contributed by atoms with E-state index in [4.69, 9.17) is 12.2 Å². The molecule has 0 unspecified atom stereocenters. The van der Waals surface area contributed by atoms with Crippen LogP contribution in [0.5, 0.6) is 0 Å². The Morgan fingerprint density at radius 2 is 2.10 bits per heavy atom. The first kappa shape index (κ1) is 14.6. The predicted octanol–water partition coefficient (Wildman–Crippen LogP) is 2.61. The van der Waals surface area contributed by atoms with Gasteiger partial charge < -0.3 is 4.57 Å². The van der Waals surface area contributed by atoms with Crippen LogP contribution in [0.15, 0.2) is 10.9 Å². The molecular weight excluding hydrogens is 274 g/mol. The van der Waals surface area contributed by atoms with E-state index < -0.39 is 0 Å². The van der Waals surface area contributed by atoms with E-state index in [1.807, 2.05) is 18.4 Å². The second-order valence-electron chi connectivity index (χ2n) is 5.05. The average molecular weight is 293 g/mol. The summed E-state index contributed by atoms with van der Waals surface area (Å²) in [7, 11) is 0. The van der Waals surface area contributed by atoms with E-state index in [1.54, 1.807) is 6.07 Å². The van der Waals surface area contributed by atoms with Crippen LogP contribution in [0, 0.1) is 4.77 Å². The number of aromatic amines is 2. The Hall–Kier alpha value is -1.76. The smallest absolute Gasteiger partial charge is 0.275 e. The summed E-state index contributed by atoms with van der Waals surface area (Å²) in [6.45, 7) is 6.91. The van der Waals surface area contributed by atoms with Gasteiger partial charge in [0.05, 0.1) is 11.3 Å². The normalized spacial score (nSPS) is 11.2. The quantitative estimate of drug-likeness (QED) is 0.831. The summed E-state index contributed by atoms with van der Waals surface area (Å²) in [5.41, 5.74) is 1.09.